The van der Waals surface area contributed by atoms with Gasteiger partial charge >= 0.3 is 21.6 Å². The third-order valence-electron chi connectivity index (χ3n) is 6.02. The van der Waals surface area contributed by atoms with E-state index in [9.17, 15) is 40.8 Å². The van der Waals surface area contributed by atoms with Gasteiger partial charge in [0.05, 0.1) is 6.26 Å². The first-order valence-corrected chi connectivity index (χ1v) is 15.5. The summed E-state index contributed by atoms with van der Waals surface area (Å²) in [5.41, 5.74) is -6.99. The van der Waals surface area contributed by atoms with E-state index in [-0.39, 0.29) is 35.9 Å². The summed E-state index contributed by atoms with van der Waals surface area (Å²) < 4.78 is 86.8. The number of ether oxygens (including phenoxy) is 2. The zero-order valence-electron chi connectivity index (χ0n) is 25.6. The van der Waals surface area contributed by atoms with Crippen LogP contribution in [0.1, 0.15) is 67.2 Å². The van der Waals surface area contributed by atoms with E-state index in [1.54, 1.807) is 0 Å². The van der Waals surface area contributed by atoms with Crippen LogP contribution in [0.2, 0.25) is 0 Å². The smallest absolute Gasteiger partial charge is 0.502 e. The van der Waals surface area contributed by atoms with E-state index in [1.165, 1.54) is 6.26 Å². The van der Waals surface area contributed by atoms with E-state index in [1.807, 2.05) is 0 Å². The maximum absolute atomic E-state index is 12.2. The SMILES string of the molecule is CC(C)CCc1coc(C(=O)O)cc1=O.O=c1cc(CO)occ1O.O=c1cc(COC2CCCCO2)occ1OS(=O)(=O)C(F)(F)F. The molecule has 1 aliphatic heterocycles. The molecule has 1 saturated heterocycles. The Morgan fingerprint density at radius 1 is 0.979 bits per heavy atom. The molecule has 0 spiro atoms. The predicted molar refractivity (Wildman–Crippen MR) is 157 cm³/mol. The molecule has 0 aromatic carbocycles. The fourth-order valence-electron chi connectivity index (χ4n) is 3.46. The van der Waals surface area contributed by atoms with Gasteiger partial charge in [0.25, 0.3) is 0 Å². The van der Waals surface area contributed by atoms with Crippen molar-refractivity contribution in [3.05, 3.63) is 90.5 Å². The van der Waals surface area contributed by atoms with Crippen molar-refractivity contribution >= 4 is 16.1 Å². The lowest BCUT2D eigenvalue weighted by Gasteiger charge is -2.22. The van der Waals surface area contributed by atoms with E-state index in [2.05, 4.69) is 22.4 Å². The number of aryl methyl sites for hydroxylation is 1. The van der Waals surface area contributed by atoms with E-state index in [4.69, 9.17) is 33.6 Å². The summed E-state index contributed by atoms with van der Waals surface area (Å²) in [5, 5.41) is 25.7. The van der Waals surface area contributed by atoms with Crippen LogP contribution in [0, 0.1) is 5.92 Å². The van der Waals surface area contributed by atoms with Gasteiger partial charge in [-0.3, -0.25) is 14.4 Å². The lowest BCUT2D eigenvalue weighted by atomic mass is 10.0. The Balaban J connectivity index is 0.000000274. The summed E-state index contributed by atoms with van der Waals surface area (Å²) in [4.78, 5) is 44.1. The Bertz CT molecular complexity index is 1770. The Labute approximate surface area is 270 Å². The molecule has 15 nitrogen and oxygen atoms in total. The first kappa shape index (κ1) is 39.7. The van der Waals surface area contributed by atoms with Gasteiger partial charge in [-0.25, -0.2) is 4.79 Å². The van der Waals surface area contributed by atoms with Crippen molar-refractivity contribution in [2.45, 2.75) is 71.0 Å². The van der Waals surface area contributed by atoms with Gasteiger partial charge in [-0.1, -0.05) is 13.8 Å². The van der Waals surface area contributed by atoms with Crippen molar-refractivity contribution in [2.24, 2.45) is 5.92 Å². The summed E-state index contributed by atoms with van der Waals surface area (Å²) >= 11 is 0. The van der Waals surface area contributed by atoms with Crippen molar-refractivity contribution < 1.29 is 68.6 Å². The molecule has 1 aliphatic rings. The average molecular weight is 711 g/mol. The van der Waals surface area contributed by atoms with Crippen LogP contribution in [0.4, 0.5) is 13.2 Å². The molecular formula is C29H33F3O15S. The number of carboxylic acid groups (broad SMARTS) is 1. The third-order valence-corrected chi connectivity index (χ3v) is 6.98. The largest absolute Gasteiger partial charge is 0.534 e. The molecular weight excluding hydrogens is 677 g/mol. The molecule has 48 heavy (non-hydrogen) atoms. The van der Waals surface area contributed by atoms with Gasteiger partial charge in [0.15, 0.2) is 17.5 Å². The highest BCUT2D eigenvalue weighted by Crippen LogP contribution is 2.25. The molecule has 1 unspecified atom stereocenters. The minimum atomic E-state index is -5.93. The van der Waals surface area contributed by atoms with Crippen LogP contribution < -0.4 is 20.5 Å². The lowest BCUT2D eigenvalue weighted by molar-refractivity contribution is -0.171. The van der Waals surface area contributed by atoms with Crippen LogP contribution in [0.15, 0.2) is 64.6 Å². The summed E-state index contributed by atoms with van der Waals surface area (Å²) in [6, 6.07) is 2.86. The molecule has 19 heteroatoms. The summed E-state index contributed by atoms with van der Waals surface area (Å²) in [6.07, 6.45) is 6.22. The Hall–Kier alpha value is -4.46. The predicted octanol–water partition coefficient (Wildman–Crippen LogP) is 3.68. The Morgan fingerprint density at radius 2 is 1.65 bits per heavy atom. The first-order chi connectivity index (χ1) is 22.4. The number of aromatic hydroxyl groups is 1. The Morgan fingerprint density at radius 3 is 2.17 bits per heavy atom. The van der Waals surface area contributed by atoms with Crippen LogP contribution >= 0.6 is 0 Å². The topological polar surface area (TPSA) is 230 Å². The maximum atomic E-state index is 12.2. The van der Waals surface area contributed by atoms with Crippen LogP contribution in [-0.4, -0.2) is 48.1 Å². The molecule has 1 fully saturated rings. The zero-order chi connectivity index (χ0) is 36.1. The minimum Gasteiger partial charge on any atom is -0.502 e. The van der Waals surface area contributed by atoms with Crippen LogP contribution in [0.25, 0.3) is 0 Å². The fraction of sp³-hybridized carbons (Fsp3) is 0.448. The zero-order valence-corrected chi connectivity index (χ0v) is 26.4. The van der Waals surface area contributed by atoms with Gasteiger partial charge in [0, 0.05) is 30.4 Å². The van der Waals surface area contributed by atoms with E-state index in [0.29, 0.717) is 37.2 Å². The number of hydrogen-bond acceptors (Lipinski definition) is 14. The second-order valence-corrected chi connectivity index (χ2v) is 11.8. The van der Waals surface area contributed by atoms with Gasteiger partial charge in [0.1, 0.15) is 37.3 Å². The van der Waals surface area contributed by atoms with Crippen LogP contribution in [0.3, 0.4) is 0 Å². The number of halogens is 3. The standard InChI is InChI=1S/C12H13F3O7S.C11H14O4.C6H6O4/c13-12(14,15)23(17,18)22-10-7-20-8(5-9(10)16)6-21-11-3-1-2-4-19-11;1-7(2)3-4-8-6-15-10(11(13)14)5-9(8)12;7-2-4-1-5(8)6(9)3-10-4/h5,7,11H,1-4,6H2;5-7H,3-4H2,1-2H3,(H,13,14);1,3,7,9H,2H2. The molecule has 0 saturated carbocycles. The highest BCUT2D eigenvalue weighted by molar-refractivity contribution is 7.88. The van der Waals surface area contributed by atoms with Gasteiger partial charge in [-0.15, -0.1) is 0 Å². The molecule has 0 aliphatic carbocycles. The average Bonchev–Trinajstić information content (AvgIpc) is 3.02. The summed E-state index contributed by atoms with van der Waals surface area (Å²) in [5.74, 6) is -2.42. The van der Waals surface area contributed by atoms with Crippen molar-refractivity contribution in [1.82, 2.24) is 0 Å². The highest BCUT2D eigenvalue weighted by Gasteiger charge is 2.49. The molecule has 3 aromatic heterocycles. The van der Waals surface area contributed by atoms with Crippen LogP contribution in [-0.2, 0) is 39.2 Å². The molecule has 4 heterocycles. The Kier molecular flexibility index (Phi) is 15.0. The van der Waals surface area contributed by atoms with E-state index in [0.717, 1.165) is 43.7 Å². The van der Waals surface area contributed by atoms with Gasteiger partial charge in [-0.05, 0) is 38.0 Å². The number of alkyl halides is 3. The van der Waals surface area contributed by atoms with Crippen molar-refractivity contribution in [3.63, 3.8) is 0 Å². The number of aliphatic hydroxyl groups is 1. The molecule has 0 amide bonds. The number of rotatable bonds is 10. The monoisotopic (exact) mass is 710 g/mol. The number of aliphatic hydroxyl groups excluding tert-OH is 1. The van der Waals surface area contributed by atoms with Crippen molar-refractivity contribution in [3.8, 4) is 11.5 Å². The van der Waals surface area contributed by atoms with E-state index >= 15 is 0 Å². The molecule has 3 aromatic rings. The van der Waals surface area contributed by atoms with Gasteiger partial charge in [0.2, 0.25) is 22.4 Å². The first-order valence-electron chi connectivity index (χ1n) is 14.1. The molecule has 0 radical (unpaired) electrons. The second kappa shape index (κ2) is 18.2. The van der Waals surface area contributed by atoms with Crippen molar-refractivity contribution in [2.75, 3.05) is 6.61 Å². The van der Waals surface area contributed by atoms with Crippen LogP contribution in [0.5, 0.6) is 11.5 Å². The highest BCUT2D eigenvalue weighted by atomic mass is 32.2. The molecule has 0 bridgehead atoms. The third kappa shape index (κ3) is 13.0. The summed E-state index contributed by atoms with van der Waals surface area (Å²) in [6.45, 7) is 4.19. The maximum Gasteiger partial charge on any atom is 0.534 e. The quantitative estimate of drug-likeness (QED) is 0.201. The molecule has 266 valence electrons. The van der Waals surface area contributed by atoms with Gasteiger partial charge < -0.3 is 42.2 Å². The fourth-order valence-corrected chi connectivity index (χ4v) is 3.91. The molecule has 4 rings (SSSR count). The van der Waals surface area contributed by atoms with Crippen molar-refractivity contribution in [1.29, 1.82) is 0 Å². The summed E-state index contributed by atoms with van der Waals surface area (Å²) in [7, 11) is -5.93. The molecule has 3 N–H and O–H groups in total. The molecule has 1 atom stereocenters. The number of aromatic carboxylic acids is 1. The lowest BCUT2D eigenvalue weighted by Crippen LogP contribution is -2.29. The number of hydrogen-bond donors (Lipinski definition) is 3. The van der Waals surface area contributed by atoms with E-state index < -0.39 is 50.2 Å². The second-order valence-electron chi connectivity index (χ2n) is 10.3. The number of carbonyl (C=O) groups is 1. The minimum absolute atomic E-state index is 0.000861. The van der Waals surface area contributed by atoms with Gasteiger partial charge in [-0.2, -0.15) is 21.6 Å². The number of carboxylic acids is 1. The normalized spacial score (nSPS) is 14.7.